The first kappa shape index (κ1) is 90.1. The highest BCUT2D eigenvalue weighted by Gasteiger charge is 2.47. The average Bonchev–Trinajstić information content (AvgIpc) is 0.798. The molecule has 1 aliphatic rings. The van der Waals surface area contributed by atoms with Gasteiger partial charge < -0.3 is 74.5 Å². The summed E-state index contributed by atoms with van der Waals surface area (Å²) in [5.41, 5.74) is 0. The van der Waals surface area contributed by atoms with Gasteiger partial charge in [-0.3, -0.25) is 62.3 Å². The van der Waals surface area contributed by atoms with Gasteiger partial charge in [-0.05, 0) is 107 Å². The monoisotopic (exact) mass is 1420 g/mol. The number of amides is 11. The molecule has 0 aromatic carbocycles. The summed E-state index contributed by atoms with van der Waals surface area (Å²) >= 11 is 0. The first-order valence-electron chi connectivity index (χ1n) is 35.2. The standard InChI is InChI=1S/C71H123N11O18/c1-26-29-31-46(16)60(100-71(96)99-39-98-56(85)32-30-33-97-55(84)28-3)59-64(89)74-49(27-2)66(91)76(19)38-54(83)77(20)50(34-40(4)5)63(88)75-57(44(12)13)69(94)78(21)51(35-41(6)7)62(87)72-47(17)61(86)73-48(18)65(90)79(22)52(36-42(8)9)67(92)80(23)53(37-43(10)11)68(93)81(24)58(45(14)15)70(95)82(59)25/h26,29,40-53,57-60H,27-28,30-39H2,1-25H3,(H,72,87)(H,73,86)(H,74,89)(H,75,88)/t46-,47+,48-,49+,50+,51+,52+,53?,57+,58+,59?,60?/m1/s1. The van der Waals surface area contributed by atoms with Gasteiger partial charge in [0.2, 0.25) is 71.8 Å². The minimum absolute atomic E-state index is 0.0618. The Morgan fingerprint density at radius 2 is 0.960 bits per heavy atom. The maximum Gasteiger partial charge on any atom is 0.511 e. The number of nitrogens with one attached hydrogen (secondary N) is 4. The summed E-state index contributed by atoms with van der Waals surface area (Å²) in [6.07, 6.45) is 0.820. The lowest BCUT2D eigenvalue weighted by molar-refractivity contribution is -0.160. The first-order valence-corrected chi connectivity index (χ1v) is 35.2. The third kappa shape index (κ3) is 27.6. The van der Waals surface area contributed by atoms with Crippen LogP contribution in [0, 0.1) is 41.4 Å². The molecule has 3 unspecified atom stereocenters. The van der Waals surface area contributed by atoms with E-state index in [1.807, 2.05) is 55.4 Å². The number of hydrogen-bond acceptors (Lipinski definition) is 18. The number of nitrogens with zero attached hydrogens (tertiary/aromatic N) is 7. The third-order valence-electron chi connectivity index (χ3n) is 17.7. The number of hydrogen-bond donors (Lipinski definition) is 4. The molecular weight excluding hydrogens is 1290 g/mol. The molecule has 0 bridgehead atoms. The SMILES string of the molecule is CC=CC[C@@H](C)C(OC(=O)OCOC(=O)CCCOC(=O)CC)C1C(=O)N[C@@H](CC)C(=O)N(C)CC(=O)N(C)[C@@H](CC(C)C)C(=O)N[C@@H](C(C)C)C(=O)N(C)[C@@H](CC(C)C)C(=O)N[C@@H](C)C(=O)N[C@H](C)C(=O)N(C)[C@@H](CC(C)C)C(=O)N(C)C(CC(C)C)C(=O)N(C)[C@@H](C(C)C)C(=O)N1C. The van der Waals surface area contributed by atoms with E-state index in [1.54, 1.807) is 67.5 Å². The van der Waals surface area contributed by atoms with Crippen LogP contribution in [0.4, 0.5) is 4.79 Å². The highest BCUT2D eigenvalue weighted by Crippen LogP contribution is 2.27. The van der Waals surface area contributed by atoms with Crippen LogP contribution >= 0.6 is 0 Å². The van der Waals surface area contributed by atoms with Gasteiger partial charge >= 0.3 is 18.1 Å². The fourth-order valence-corrected chi connectivity index (χ4v) is 11.7. The van der Waals surface area contributed by atoms with Crippen molar-refractivity contribution in [3.05, 3.63) is 12.2 Å². The van der Waals surface area contributed by atoms with E-state index in [2.05, 4.69) is 21.3 Å². The molecule has 0 aromatic rings. The lowest BCUT2D eigenvalue weighted by atomic mass is 9.91. The molecule has 11 amide bonds. The molecule has 0 aromatic heterocycles. The van der Waals surface area contributed by atoms with E-state index in [0.29, 0.717) is 0 Å². The molecule has 29 heteroatoms. The maximum atomic E-state index is 15.7. The number of esters is 2. The Kier molecular flexibility index (Phi) is 38.8. The van der Waals surface area contributed by atoms with Gasteiger partial charge in [0, 0.05) is 62.2 Å². The summed E-state index contributed by atoms with van der Waals surface area (Å²) in [5.74, 6) is -12.4. The van der Waals surface area contributed by atoms with Crippen molar-refractivity contribution < 1.29 is 86.1 Å². The second-order valence-electron chi connectivity index (χ2n) is 28.9. The predicted octanol–water partition coefficient (Wildman–Crippen LogP) is 4.66. The second kappa shape index (κ2) is 43.0. The van der Waals surface area contributed by atoms with Gasteiger partial charge in [-0.2, -0.15) is 0 Å². The normalized spacial score (nSPS) is 24.4. The largest absolute Gasteiger partial charge is 0.511 e. The Morgan fingerprint density at radius 1 is 0.490 bits per heavy atom. The maximum absolute atomic E-state index is 15.7. The Hall–Kier alpha value is -7.88. The zero-order valence-corrected chi connectivity index (χ0v) is 64.5. The average molecular weight is 1420 g/mol. The number of allylic oxidation sites excluding steroid dienone is 2. The van der Waals surface area contributed by atoms with Crippen molar-refractivity contribution in [2.24, 2.45) is 41.4 Å². The molecule has 0 radical (unpaired) electrons. The zero-order valence-electron chi connectivity index (χ0n) is 64.5. The van der Waals surface area contributed by atoms with Gasteiger partial charge in [0.25, 0.3) is 0 Å². The summed E-state index contributed by atoms with van der Waals surface area (Å²) in [6.45, 7) is 29.2. The van der Waals surface area contributed by atoms with Gasteiger partial charge in [0.05, 0.1) is 13.2 Å². The minimum atomic E-state index is -1.85. The smallest absolute Gasteiger partial charge is 0.466 e. The third-order valence-corrected chi connectivity index (χ3v) is 17.7. The van der Waals surface area contributed by atoms with E-state index in [9.17, 15) is 47.9 Å². The van der Waals surface area contributed by atoms with E-state index in [4.69, 9.17) is 18.9 Å². The minimum Gasteiger partial charge on any atom is -0.466 e. The quantitative estimate of drug-likeness (QED) is 0.0355. The van der Waals surface area contributed by atoms with E-state index >= 15 is 19.2 Å². The molecule has 1 rings (SSSR count). The summed E-state index contributed by atoms with van der Waals surface area (Å²) < 4.78 is 21.3. The van der Waals surface area contributed by atoms with Crippen LogP contribution in [0.1, 0.15) is 182 Å². The Bertz CT molecular complexity index is 2810. The van der Waals surface area contributed by atoms with Gasteiger partial charge in [0.15, 0.2) is 0 Å². The molecule has 0 saturated carbocycles. The first-order chi connectivity index (χ1) is 46.4. The van der Waals surface area contributed by atoms with Crippen molar-refractivity contribution in [2.45, 2.75) is 249 Å². The number of carbonyl (C=O) groups is 14. The van der Waals surface area contributed by atoms with Gasteiger partial charge in [0.1, 0.15) is 66.5 Å². The van der Waals surface area contributed by atoms with E-state index < -0.39 is 181 Å². The molecule has 1 saturated heterocycles. The van der Waals surface area contributed by atoms with Crippen LogP contribution in [-0.2, 0) is 81.3 Å². The topological polar surface area (TPSA) is 347 Å². The lowest BCUT2D eigenvalue weighted by Crippen LogP contribution is -2.64. The van der Waals surface area contributed by atoms with Gasteiger partial charge in [-0.25, -0.2) is 4.79 Å². The molecule has 0 aliphatic carbocycles. The number of carbonyl (C=O) groups excluding carboxylic acids is 14. The van der Waals surface area contributed by atoms with Crippen LogP contribution in [0.2, 0.25) is 0 Å². The Labute approximate surface area is 594 Å². The Morgan fingerprint density at radius 3 is 1.45 bits per heavy atom. The molecule has 29 nitrogen and oxygen atoms in total. The number of likely N-dealkylation sites (N-methyl/N-ethyl adjacent to an activating group) is 7. The summed E-state index contributed by atoms with van der Waals surface area (Å²) in [6, 6.07) is -13.3. The number of rotatable bonds is 23. The summed E-state index contributed by atoms with van der Waals surface area (Å²) in [7, 11) is 9.58. The molecule has 1 fully saturated rings. The van der Waals surface area contributed by atoms with Crippen LogP contribution in [0.15, 0.2) is 12.2 Å². The van der Waals surface area contributed by atoms with E-state index in [0.717, 1.165) is 14.7 Å². The van der Waals surface area contributed by atoms with Crippen LogP contribution in [0.3, 0.4) is 0 Å². The predicted molar refractivity (Wildman–Crippen MR) is 375 cm³/mol. The van der Waals surface area contributed by atoms with Crippen molar-refractivity contribution >= 4 is 83.1 Å². The molecule has 0 spiro atoms. The van der Waals surface area contributed by atoms with E-state index in [1.165, 1.54) is 82.8 Å². The van der Waals surface area contributed by atoms with E-state index in [-0.39, 0.29) is 88.1 Å². The van der Waals surface area contributed by atoms with Crippen LogP contribution < -0.4 is 21.3 Å². The zero-order chi connectivity index (χ0) is 77.1. The fourth-order valence-electron chi connectivity index (χ4n) is 11.7. The molecule has 100 heavy (non-hydrogen) atoms. The molecule has 570 valence electrons. The highest BCUT2D eigenvalue weighted by molar-refractivity contribution is 5.99. The van der Waals surface area contributed by atoms with Crippen LogP contribution in [0.25, 0.3) is 0 Å². The summed E-state index contributed by atoms with van der Waals surface area (Å²) in [4.78, 5) is 209. The van der Waals surface area contributed by atoms with Crippen molar-refractivity contribution in [1.29, 1.82) is 0 Å². The van der Waals surface area contributed by atoms with Crippen molar-refractivity contribution in [1.82, 2.24) is 55.6 Å². The molecule has 1 heterocycles. The number of ether oxygens (including phenoxy) is 4. The van der Waals surface area contributed by atoms with Crippen LogP contribution in [-0.4, -0.2) is 253 Å². The molecule has 12 atom stereocenters. The van der Waals surface area contributed by atoms with Gasteiger partial charge in [-0.1, -0.05) is 116 Å². The van der Waals surface area contributed by atoms with Gasteiger partial charge in [-0.15, -0.1) is 0 Å². The fraction of sp³-hybridized carbons (Fsp3) is 0.775. The van der Waals surface area contributed by atoms with Crippen LogP contribution in [0.5, 0.6) is 0 Å². The second-order valence-corrected chi connectivity index (χ2v) is 28.9. The van der Waals surface area contributed by atoms with Crippen molar-refractivity contribution in [3.63, 3.8) is 0 Å². The Balaban J connectivity index is 4.49. The highest BCUT2D eigenvalue weighted by atomic mass is 16.8. The lowest BCUT2D eigenvalue weighted by Gasteiger charge is -2.42. The molecule has 1 aliphatic heterocycles. The van der Waals surface area contributed by atoms with Crippen molar-refractivity contribution in [3.8, 4) is 0 Å². The summed E-state index contributed by atoms with van der Waals surface area (Å²) in [5, 5.41) is 10.9. The molecule has 4 N–H and O–H groups in total. The van der Waals surface area contributed by atoms with Crippen molar-refractivity contribution in [2.75, 3.05) is 69.3 Å². The molecular formula is C71H123N11O18.